The lowest BCUT2D eigenvalue weighted by molar-refractivity contribution is 0.0633. The first-order valence-corrected chi connectivity index (χ1v) is 11.8. The van der Waals surface area contributed by atoms with E-state index >= 15 is 0 Å². The molecule has 32 heavy (non-hydrogen) atoms. The molecular weight excluding hydrogens is 423 g/mol. The van der Waals surface area contributed by atoms with Crippen LogP contribution in [0.1, 0.15) is 37.5 Å². The lowest BCUT2D eigenvalue weighted by Gasteiger charge is -2.34. The van der Waals surface area contributed by atoms with Crippen LogP contribution >= 0.6 is 11.3 Å². The van der Waals surface area contributed by atoms with Crippen molar-refractivity contribution in [3.63, 3.8) is 0 Å². The number of hydrogen-bond acceptors (Lipinski definition) is 4. The smallest absolute Gasteiger partial charge is 0.264 e. The number of amides is 1. The van der Waals surface area contributed by atoms with Gasteiger partial charge in [0.05, 0.1) is 4.88 Å². The Morgan fingerprint density at radius 1 is 1.03 bits per heavy atom. The molecule has 1 aliphatic heterocycles. The molecule has 1 aliphatic rings. The van der Waals surface area contributed by atoms with Crippen LogP contribution in [-0.2, 0) is 13.2 Å². The number of halogens is 1. The maximum atomic E-state index is 13.4. The van der Waals surface area contributed by atoms with Gasteiger partial charge in [-0.25, -0.2) is 4.39 Å². The zero-order valence-corrected chi connectivity index (χ0v) is 19.7. The van der Waals surface area contributed by atoms with Crippen molar-refractivity contribution in [3.05, 3.63) is 86.4 Å². The van der Waals surface area contributed by atoms with Crippen molar-refractivity contribution in [2.75, 3.05) is 26.2 Å². The van der Waals surface area contributed by atoms with Crippen LogP contribution in [-0.4, -0.2) is 41.9 Å². The van der Waals surface area contributed by atoms with E-state index in [1.165, 1.54) is 28.5 Å². The zero-order valence-electron chi connectivity index (χ0n) is 18.9. The number of thiophene rings is 1. The maximum absolute atomic E-state index is 13.4. The fourth-order valence-electron chi connectivity index (χ4n) is 4.03. The summed E-state index contributed by atoms with van der Waals surface area (Å²) in [6.07, 6.45) is 0. The third-order valence-electron chi connectivity index (χ3n) is 5.98. The van der Waals surface area contributed by atoms with Crippen molar-refractivity contribution in [3.8, 4) is 5.75 Å². The van der Waals surface area contributed by atoms with Crippen LogP contribution in [0.4, 0.5) is 4.39 Å². The van der Waals surface area contributed by atoms with E-state index in [1.807, 2.05) is 22.4 Å². The van der Waals surface area contributed by atoms with Crippen LogP contribution in [0.5, 0.6) is 5.75 Å². The van der Waals surface area contributed by atoms with Gasteiger partial charge < -0.3 is 9.64 Å². The minimum atomic E-state index is -0.207. The van der Waals surface area contributed by atoms with E-state index in [2.05, 4.69) is 37.8 Å². The second-order valence-electron chi connectivity index (χ2n) is 8.51. The minimum Gasteiger partial charge on any atom is -0.489 e. The van der Waals surface area contributed by atoms with Gasteiger partial charge in [0.2, 0.25) is 0 Å². The van der Waals surface area contributed by atoms with Gasteiger partial charge in [-0.3, -0.25) is 9.69 Å². The summed E-state index contributed by atoms with van der Waals surface area (Å²) in [5.74, 6) is 0.770. The quantitative estimate of drug-likeness (QED) is 0.505. The van der Waals surface area contributed by atoms with E-state index in [0.717, 1.165) is 40.4 Å². The van der Waals surface area contributed by atoms with E-state index in [9.17, 15) is 9.18 Å². The largest absolute Gasteiger partial charge is 0.489 e. The molecule has 1 fully saturated rings. The predicted molar refractivity (Wildman–Crippen MR) is 127 cm³/mol. The lowest BCUT2D eigenvalue weighted by atomic mass is 10.1. The Bertz CT molecular complexity index is 1100. The van der Waals surface area contributed by atoms with Crippen molar-refractivity contribution in [1.29, 1.82) is 0 Å². The van der Waals surface area contributed by atoms with Crippen molar-refractivity contribution in [2.24, 2.45) is 0 Å². The fourth-order valence-corrected chi connectivity index (χ4v) is 4.90. The summed E-state index contributed by atoms with van der Waals surface area (Å²) in [5, 5.41) is 2.01. The average molecular weight is 453 g/mol. The molecule has 0 spiro atoms. The summed E-state index contributed by atoms with van der Waals surface area (Å²) in [6, 6.07) is 12.9. The highest BCUT2D eigenvalue weighted by Crippen LogP contribution is 2.25. The van der Waals surface area contributed by atoms with Crippen molar-refractivity contribution in [2.45, 2.75) is 33.9 Å². The minimum absolute atomic E-state index is 0.0780. The van der Waals surface area contributed by atoms with Crippen LogP contribution in [0.15, 0.2) is 47.8 Å². The van der Waals surface area contributed by atoms with Gasteiger partial charge >= 0.3 is 0 Å². The maximum Gasteiger partial charge on any atom is 0.264 e. The fraction of sp³-hybridized carbons (Fsp3) is 0.346. The molecule has 0 radical (unpaired) electrons. The number of benzene rings is 2. The molecule has 0 bridgehead atoms. The Morgan fingerprint density at radius 2 is 1.81 bits per heavy atom. The standard InChI is InChI=1S/C26H29FN2O2S/c1-18-11-19(2)20(3)24(12-18)31-16-22-14-25(32-17-22)26(30)29-9-7-28(8-10-29)15-21-5-4-6-23(27)13-21/h4-6,11-14,17H,7-10,15-16H2,1-3H3. The zero-order chi connectivity index (χ0) is 22.7. The molecule has 0 aliphatic carbocycles. The Kier molecular flexibility index (Phi) is 6.92. The van der Waals surface area contributed by atoms with E-state index in [4.69, 9.17) is 4.74 Å². The molecule has 6 heteroatoms. The van der Waals surface area contributed by atoms with Gasteiger partial charge in [0.25, 0.3) is 5.91 Å². The van der Waals surface area contributed by atoms with Gasteiger partial charge in [-0.1, -0.05) is 18.2 Å². The summed E-state index contributed by atoms with van der Waals surface area (Å²) in [4.78, 5) is 17.9. The monoisotopic (exact) mass is 452 g/mol. The topological polar surface area (TPSA) is 32.8 Å². The summed E-state index contributed by atoms with van der Waals surface area (Å²) < 4.78 is 19.5. The molecule has 4 nitrogen and oxygen atoms in total. The van der Waals surface area contributed by atoms with Crippen LogP contribution in [0.2, 0.25) is 0 Å². The number of carbonyl (C=O) groups excluding carboxylic acids is 1. The molecule has 3 aromatic rings. The first kappa shape index (κ1) is 22.5. The Hall–Kier alpha value is -2.70. The van der Waals surface area contributed by atoms with Crippen LogP contribution < -0.4 is 4.74 Å². The van der Waals surface area contributed by atoms with Crippen molar-refractivity contribution >= 4 is 17.2 Å². The third-order valence-corrected chi connectivity index (χ3v) is 6.94. The molecule has 1 amide bonds. The van der Waals surface area contributed by atoms with Gasteiger partial charge in [-0.2, -0.15) is 0 Å². The first-order chi connectivity index (χ1) is 15.4. The summed E-state index contributed by atoms with van der Waals surface area (Å²) in [6.45, 7) is 10.3. The highest BCUT2D eigenvalue weighted by molar-refractivity contribution is 7.12. The SMILES string of the molecule is Cc1cc(C)c(C)c(OCc2csc(C(=O)N3CCN(Cc4cccc(F)c4)CC3)c2)c1. The van der Waals surface area contributed by atoms with Gasteiger partial charge in [-0.05, 0) is 72.7 Å². The van der Waals surface area contributed by atoms with Crippen LogP contribution in [0.3, 0.4) is 0 Å². The molecule has 0 N–H and O–H groups in total. The molecular formula is C26H29FN2O2S. The second kappa shape index (κ2) is 9.84. The molecule has 0 atom stereocenters. The highest BCUT2D eigenvalue weighted by Gasteiger charge is 2.23. The number of ether oxygens (including phenoxy) is 1. The number of aryl methyl sites for hydroxylation is 2. The average Bonchev–Trinajstić information content (AvgIpc) is 3.24. The summed E-state index contributed by atoms with van der Waals surface area (Å²) in [7, 11) is 0. The number of rotatable bonds is 6. The Balaban J connectivity index is 1.30. The van der Waals surface area contributed by atoms with E-state index in [1.54, 1.807) is 12.1 Å². The summed E-state index contributed by atoms with van der Waals surface area (Å²) in [5.41, 5.74) is 5.53. The van der Waals surface area contributed by atoms with Gasteiger partial charge in [0.15, 0.2) is 0 Å². The molecule has 2 heterocycles. The first-order valence-electron chi connectivity index (χ1n) is 10.9. The molecule has 168 valence electrons. The molecule has 2 aromatic carbocycles. The van der Waals surface area contributed by atoms with Gasteiger partial charge in [-0.15, -0.1) is 11.3 Å². The molecule has 0 unspecified atom stereocenters. The Morgan fingerprint density at radius 3 is 2.56 bits per heavy atom. The number of piperazine rings is 1. The second-order valence-corrected chi connectivity index (χ2v) is 9.42. The van der Waals surface area contributed by atoms with E-state index < -0.39 is 0 Å². The number of carbonyl (C=O) groups is 1. The summed E-state index contributed by atoms with van der Waals surface area (Å²) >= 11 is 1.48. The van der Waals surface area contributed by atoms with Crippen molar-refractivity contribution in [1.82, 2.24) is 9.80 Å². The number of nitrogens with zero attached hydrogens (tertiary/aromatic N) is 2. The van der Waals surface area contributed by atoms with E-state index in [-0.39, 0.29) is 11.7 Å². The lowest BCUT2D eigenvalue weighted by Crippen LogP contribution is -2.48. The van der Waals surface area contributed by atoms with Crippen LogP contribution in [0, 0.1) is 26.6 Å². The van der Waals surface area contributed by atoms with Gasteiger partial charge in [0, 0.05) is 38.3 Å². The van der Waals surface area contributed by atoms with Crippen LogP contribution in [0.25, 0.3) is 0 Å². The highest BCUT2D eigenvalue weighted by atomic mass is 32.1. The van der Waals surface area contributed by atoms with Gasteiger partial charge in [0.1, 0.15) is 18.2 Å². The third kappa shape index (κ3) is 5.37. The number of hydrogen-bond donors (Lipinski definition) is 0. The molecule has 1 saturated heterocycles. The van der Waals surface area contributed by atoms with E-state index in [0.29, 0.717) is 26.2 Å². The normalized spacial score (nSPS) is 14.6. The molecule has 0 saturated carbocycles. The molecule has 1 aromatic heterocycles. The molecule has 4 rings (SSSR count). The predicted octanol–water partition coefficient (Wildman–Crippen LogP) is 5.35. The Labute approximate surface area is 193 Å². The van der Waals surface area contributed by atoms with Crippen molar-refractivity contribution < 1.29 is 13.9 Å².